The number of anilines is 1. The van der Waals surface area contributed by atoms with Gasteiger partial charge in [0.2, 0.25) is 10.9 Å². The van der Waals surface area contributed by atoms with Gasteiger partial charge in [0.1, 0.15) is 12.4 Å². The van der Waals surface area contributed by atoms with Crippen molar-refractivity contribution in [2.75, 3.05) is 44.2 Å². The number of nitrogens with zero attached hydrogens (tertiary/aromatic N) is 2. The van der Waals surface area contributed by atoms with E-state index in [1.54, 1.807) is 0 Å². The van der Waals surface area contributed by atoms with Crippen LogP contribution in [0.4, 0.5) is 5.69 Å². The molecule has 0 radical (unpaired) electrons. The van der Waals surface area contributed by atoms with E-state index in [1.807, 2.05) is 0 Å². The Morgan fingerprint density at radius 1 is 1.09 bits per heavy atom. The highest BCUT2D eigenvalue weighted by atomic mass is 32.2. The molecule has 7 heteroatoms. The van der Waals surface area contributed by atoms with E-state index in [-0.39, 0.29) is 0 Å². The van der Waals surface area contributed by atoms with Crippen molar-refractivity contribution in [1.82, 2.24) is 9.62 Å². The normalized spacial score (nSPS) is 20.5. The van der Waals surface area contributed by atoms with Crippen molar-refractivity contribution in [3.8, 4) is 5.75 Å². The fraction of sp³-hybridized carbons (Fsp3) is 0.538. The van der Waals surface area contributed by atoms with Crippen molar-refractivity contribution >= 4 is 16.6 Å². The molecule has 2 unspecified atom stereocenters. The lowest BCUT2D eigenvalue weighted by atomic mass is 9.82. The van der Waals surface area contributed by atoms with Crippen LogP contribution in [0.25, 0.3) is 0 Å². The second-order valence-electron chi connectivity index (χ2n) is 9.20. The number of fused-ring (bicyclic) bond motifs is 1. The molecule has 2 aromatic rings. The van der Waals surface area contributed by atoms with Gasteiger partial charge in [-0.05, 0) is 62.0 Å². The number of likely N-dealkylation sites (N-methyl/N-ethyl adjacent to an activating group) is 1. The summed E-state index contributed by atoms with van der Waals surface area (Å²) in [4.78, 5) is 4.97. The maximum Gasteiger partial charge on any atom is 0.201 e. The van der Waals surface area contributed by atoms with Gasteiger partial charge in [-0.25, -0.2) is 13.1 Å². The molecule has 1 fully saturated rings. The van der Waals surface area contributed by atoms with Crippen molar-refractivity contribution < 1.29 is 13.2 Å². The highest BCUT2D eigenvalue weighted by Crippen LogP contribution is 2.41. The van der Waals surface area contributed by atoms with Gasteiger partial charge in [-0.3, -0.25) is 4.90 Å². The predicted octanol–water partition coefficient (Wildman–Crippen LogP) is 3.45. The van der Waals surface area contributed by atoms with Crippen LogP contribution in [0.1, 0.15) is 43.7 Å². The summed E-state index contributed by atoms with van der Waals surface area (Å²) >= 11 is 0. The van der Waals surface area contributed by atoms with Crippen LogP contribution < -0.4 is 14.4 Å². The summed E-state index contributed by atoms with van der Waals surface area (Å²) in [6.45, 7) is 9.86. The first kappa shape index (κ1) is 24.0. The molecular weight excluding hydrogens is 434 g/mol. The first-order chi connectivity index (χ1) is 16.1. The molecule has 0 aliphatic carbocycles. The molecular formula is C26H37N3O3S. The summed E-state index contributed by atoms with van der Waals surface area (Å²) in [7, 11) is -2.48. The second-order valence-corrected chi connectivity index (χ2v) is 10.0. The van der Waals surface area contributed by atoms with E-state index in [1.165, 1.54) is 16.8 Å². The molecule has 0 spiro atoms. The quantitative estimate of drug-likeness (QED) is 0.388. The fourth-order valence-electron chi connectivity index (χ4n) is 5.34. The van der Waals surface area contributed by atoms with Crippen molar-refractivity contribution in [1.29, 1.82) is 0 Å². The number of thiol groups is 1. The molecule has 0 aromatic heterocycles. The zero-order chi connectivity index (χ0) is 23.2. The van der Waals surface area contributed by atoms with Crippen LogP contribution in [0.5, 0.6) is 5.75 Å². The molecule has 2 aliphatic heterocycles. The van der Waals surface area contributed by atoms with E-state index in [0.717, 1.165) is 57.8 Å². The summed E-state index contributed by atoms with van der Waals surface area (Å²) in [5.41, 5.74) is 3.97. The van der Waals surface area contributed by atoms with Gasteiger partial charge < -0.3 is 9.64 Å². The van der Waals surface area contributed by atoms with Gasteiger partial charge in [-0.2, -0.15) is 0 Å². The van der Waals surface area contributed by atoms with E-state index >= 15 is 0 Å². The monoisotopic (exact) mass is 471 g/mol. The summed E-state index contributed by atoms with van der Waals surface area (Å²) in [5.74, 6) is 2.05. The minimum Gasteiger partial charge on any atom is -0.492 e. The summed E-state index contributed by atoms with van der Waals surface area (Å²) in [6.07, 6.45) is 2.96. The average Bonchev–Trinajstić information content (AvgIpc) is 2.80. The van der Waals surface area contributed by atoms with Gasteiger partial charge in [-0.15, -0.1) is 0 Å². The molecule has 1 N–H and O–H groups in total. The van der Waals surface area contributed by atoms with Gasteiger partial charge in [0.15, 0.2) is 0 Å². The molecule has 0 amide bonds. The van der Waals surface area contributed by atoms with Crippen LogP contribution in [0.15, 0.2) is 48.5 Å². The molecule has 6 nitrogen and oxygen atoms in total. The standard InChI is InChI=1S/C26H37N3O3S/c1-3-28(4-2)25-19-32-26-13-12-22(29-17-21(18-29)11-8-14-27-33(30)31)16-24(26)23(25)15-20-9-6-5-7-10-20/h5-7,9-10,12-13,16,21,23,25,33H,3-4,8,11,14-15,17-19H2,1-2H3,(H,27,30,31). The Hall–Kier alpha value is -2.09. The Bertz CT molecular complexity index is 964. The predicted molar refractivity (Wildman–Crippen MR) is 135 cm³/mol. The average molecular weight is 472 g/mol. The largest absolute Gasteiger partial charge is 0.492 e. The van der Waals surface area contributed by atoms with Crippen molar-refractivity contribution in [2.45, 2.75) is 45.1 Å². The highest BCUT2D eigenvalue weighted by molar-refractivity contribution is 7.70. The Morgan fingerprint density at radius 2 is 1.85 bits per heavy atom. The van der Waals surface area contributed by atoms with Gasteiger partial charge in [-0.1, -0.05) is 44.2 Å². The molecule has 2 aromatic carbocycles. The van der Waals surface area contributed by atoms with E-state index < -0.39 is 10.9 Å². The number of ether oxygens (including phenoxy) is 1. The topological polar surface area (TPSA) is 61.9 Å². The molecule has 33 heavy (non-hydrogen) atoms. The van der Waals surface area contributed by atoms with Gasteiger partial charge in [0, 0.05) is 36.8 Å². The minimum atomic E-state index is -2.48. The minimum absolute atomic E-state index is 0.368. The number of nitrogens with one attached hydrogen (secondary N) is 1. The smallest absolute Gasteiger partial charge is 0.201 e. The summed E-state index contributed by atoms with van der Waals surface area (Å²) in [5, 5.41) is 0. The van der Waals surface area contributed by atoms with Crippen LogP contribution in [0, 0.1) is 5.92 Å². The molecule has 0 saturated carbocycles. The van der Waals surface area contributed by atoms with Gasteiger partial charge in [0.25, 0.3) is 0 Å². The number of rotatable bonds is 11. The van der Waals surface area contributed by atoms with Crippen LogP contribution in [0.2, 0.25) is 0 Å². The second kappa shape index (κ2) is 11.4. The lowest BCUT2D eigenvalue weighted by Crippen LogP contribution is -2.48. The van der Waals surface area contributed by atoms with Crippen LogP contribution in [-0.2, 0) is 17.3 Å². The first-order valence-electron chi connectivity index (χ1n) is 12.3. The van der Waals surface area contributed by atoms with E-state index in [2.05, 4.69) is 76.9 Å². The zero-order valence-electron chi connectivity index (χ0n) is 19.8. The number of hydrogen-bond acceptors (Lipinski definition) is 5. The molecule has 1 saturated heterocycles. The lowest BCUT2D eigenvalue weighted by Gasteiger charge is -2.43. The van der Waals surface area contributed by atoms with Gasteiger partial charge >= 0.3 is 0 Å². The Morgan fingerprint density at radius 3 is 2.55 bits per heavy atom. The third kappa shape index (κ3) is 5.89. The lowest BCUT2D eigenvalue weighted by molar-refractivity contribution is 0.105. The van der Waals surface area contributed by atoms with Crippen molar-refractivity contribution in [2.24, 2.45) is 5.92 Å². The van der Waals surface area contributed by atoms with E-state index in [9.17, 15) is 8.42 Å². The van der Waals surface area contributed by atoms with E-state index in [4.69, 9.17) is 4.74 Å². The fourth-order valence-corrected chi connectivity index (χ4v) is 5.68. The third-order valence-corrected chi connectivity index (χ3v) is 7.68. The van der Waals surface area contributed by atoms with Crippen molar-refractivity contribution in [3.63, 3.8) is 0 Å². The molecule has 4 rings (SSSR count). The first-order valence-corrected chi connectivity index (χ1v) is 13.4. The maximum absolute atomic E-state index is 10.6. The summed E-state index contributed by atoms with van der Waals surface area (Å²) in [6, 6.07) is 17.9. The van der Waals surface area contributed by atoms with E-state index in [0.29, 0.717) is 24.4 Å². The SMILES string of the molecule is CCN(CC)C1COc2ccc(N3CC(CCCN[SH](=O)=O)C3)cc2C1Cc1ccccc1. The van der Waals surface area contributed by atoms with Crippen molar-refractivity contribution in [3.05, 3.63) is 59.7 Å². The molecule has 180 valence electrons. The Kier molecular flexibility index (Phi) is 8.28. The van der Waals surface area contributed by atoms with Gasteiger partial charge in [0.05, 0.1) is 6.04 Å². The number of hydrogen-bond donors (Lipinski definition) is 2. The molecule has 2 atom stereocenters. The number of benzene rings is 2. The zero-order valence-corrected chi connectivity index (χ0v) is 20.7. The third-order valence-electron chi connectivity index (χ3n) is 7.20. The Labute approximate surface area is 200 Å². The summed E-state index contributed by atoms with van der Waals surface area (Å²) < 4.78 is 30.0. The molecule has 2 heterocycles. The van der Waals surface area contributed by atoms with Crippen LogP contribution in [-0.4, -0.2) is 58.7 Å². The van der Waals surface area contributed by atoms with Crippen LogP contribution >= 0.6 is 0 Å². The van der Waals surface area contributed by atoms with Crippen LogP contribution in [0.3, 0.4) is 0 Å². The Balaban J connectivity index is 1.48. The molecule has 0 bridgehead atoms. The highest BCUT2D eigenvalue weighted by Gasteiger charge is 2.35. The maximum atomic E-state index is 10.6. The molecule has 2 aliphatic rings.